The first-order chi connectivity index (χ1) is 8.67. The number of benzene rings is 1. The number of carbonyl (C=O) groups excluding carboxylic acids is 1. The van der Waals surface area contributed by atoms with Crippen molar-refractivity contribution in [2.45, 2.75) is 40.5 Å². The molecule has 0 bridgehead atoms. The average Bonchev–Trinajstić information content (AvgIpc) is 2.19. The van der Waals surface area contributed by atoms with E-state index in [1.165, 1.54) is 18.2 Å². The molecule has 0 heterocycles. The first-order valence-corrected chi connectivity index (χ1v) is 6.49. The highest BCUT2D eigenvalue weighted by atomic mass is 16.3. The SMILES string of the molecule is CC(CC(=O)Nc1ccc(O)cc1O)CC(C)(C)C. The van der Waals surface area contributed by atoms with Crippen LogP contribution >= 0.6 is 0 Å². The van der Waals surface area contributed by atoms with Crippen molar-refractivity contribution in [3.05, 3.63) is 18.2 Å². The second kappa shape index (κ2) is 5.95. The maximum absolute atomic E-state index is 11.9. The van der Waals surface area contributed by atoms with Crippen LogP contribution in [0, 0.1) is 11.3 Å². The molecule has 1 aromatic rings. The van der Waals surface area contributed by atoms with E-state index in [-0.39, 0.29) is 28.7 Å². The van der Waals surface area contributed by atoms with Gasteiger partial charge < -0.3 is 15.5 Å². The van der Waals surface area contributed by atoms with Crippen LogP contribution in [0.4, 0.5) is 5.69 Å². The lowest BCUT2D eigenvalue weighted by atomic mass is 9.84. The quantitative estimate of drug-likeness (QED) is 0.576. The van der Waals surface area contributed by atoms with Gasteiger partial charge in [-0.3, -0.25) is 4.79 Å². The van der Waals surface area contributed by atoms with Gasteiger partial charge in [-0.15, -0.1) is 0 Å². The summed E-state index contributed by atoms with van der Waals surface area (Å²) < 4.78 is 0. The number of aromatic hydroxyl groups is 2. The monoisotopic (exact) mass is 265 g/mol. The molecule has 0 aliphatic heterocycles. The van der Waals surface area contributed by atoms with Crippen molar-refractivity contribution in [3.8, 4) is 11.5 Å². The lowest BCUT2D eigenvalue weighted by Gasteiger charge is -2.22. The third-order valence-corrected chi connectivity index (χ3v) is 2.75. The third-order valence-electron chi connectivity index (χ3n) is 2.75. The maximum Gasteiger partial charge on any atom is 0.224 e. The Hall–Kier alpha value is -1.71. The van der Waals surface area contributed by atoms with Crippen molar-refractivity contribution in [1.82, 2.24) is 0 Å². The molecular weight excluding hydrogens is 242 g/mol. The zero-order chi connectivity index (χ0) is 14.6. The molecule has 0 aromatic heterocycles. The van der Waals surface area contributed by atoms with Crippen molar-refractivity contribution in [2.75, 3.05) is 5.32 Å². The van der Waals surface area contributed by atoms with Gasteiger partial charge in [0.2, 0.25) is 5.91 Å². The first kappa shape index (κ1) is 15.3. The molecule has 0 aliphatic carbocycles. The summed E-state index contributed by atoms with van der Waals surface area (Å²) in [6.07, 6.45) is 1.37. The predicted octanol–water partition coefficient (Wildman–Crippen LogP) is 3.50. The standard InChI is InChI=1S/C15H23NO3/c1-10(9-15(2,3)4)7-14(19)16-12-6-5-11(17)8-13(12)18/h5-6,8,10,17-18H,7,9H2,1-4H3,(H,16,19). The van der Waals surface area contributed by atoms with Crippen LogP contribution in [0.15, 0.2) is 18.2 Å². The van der Waals surface area contributed by atoms with Gasteiger partial charge in [-0.05, 0) is 29.9 Å². The minimum atomic E-state index is -0.128. The number of nitrogens with one attached hydrogen (secondary N) is 1. The predicted molar refractivity (Wildman–Crippen MR) is 76.3 cm³/mol. The van der Waals surface area contributed by atoms with Gasteiger partial charge >= 0.3 is 0 Å². The molecule has 19 heavy (non-hydrogen) atoms. The summed E-state index contributed by atoms with van der Waals surface area (Å²) in [5.74, 6) is -0.00887. The van der Waals surface area contributed by atoms with Crippen LogP contribution in [0.5, 0.6) is 11.5 Å². The topological polar surface area (TPSA) is 69.6 Å². The van der Waals surface area contributed by atoms with Gasteiger partial charge in [0, 0.05) is 12.5 Å². The number of rotatable bonds is 4. The molecule has 106 valence electrons. The number of phenolic OH excluding ortho intramolecular Hbond substituents is 2. The second-order valence-corrected chi connectivity index (χ2v) is 6.32. The molecule has 1 unspecified atom stereocenters. The maximum atomic E-state index is 11.9. The molecule has 3 N–H and O–H groups in total. The molecule has 1 aromatic carbocycles. The van der Waals surface area contributed by atoms with Gasteiger partial charge in [0.25, 0.3) is 0 Å². The second-order valence-electron chi connectivity index (χ2n) is 6.32. The Bertz CT molecular complexity index is 449. The van der Waals surface area contributed by atoms with E-state index in [0.29, 0.717) is 12.1 Å². The zero-order valence-corrected chi connectivity index (χ0v) is 12.0. The Morgan fingerprint density at radius 3 is 2.47 bits per heavy atom. The van der Waals surface area contributed by atoms with Gasteiger partial charge in [0.05, 0.1) is 5.69 Å². The highest BCUT2D eigenvalue weighted by molar-refractivity contribution is 5.92. The molecule has 1 atom stereocenters. The third kappa shape index (κ3) is 5.64. The number of anilines is 1. The number of hydrogen-bond donors (Lipinski definition) is 3. The lowest BCUT2D eigenvalue weighted by molar-refractivity contribution is -0.117. The largest absolute Gasteiger partial charge is 0.508 e. The summed E-state index contributed by atoms with van der Waals surface area (Å²) in [6.45, 7) is 8.48. The molecular formula is C15H23NO3. The molecule has 1 amide bonds. The zero-order valence-electron chi connectivity index (χ0n) is 12.0. The van der Waals surface area contributed by atoms with Gasteiger partial charge in [-0.1, -0.05) is 27.7 Å². The van der Waals surface area contributed by atoms with E-state index in [4.69, 9.17) is 0 Å². The Kier molecular flexibility index (Phi) is 4.81. The Balaban J connectivity index is 2.56. The van der Waals surface area contributed by atoms with Crippen LogP contribution in [-0.2, 0) is 4.79 Å². The van der Waals surface area contributed by atoms with Gasteiger partial charge in [-0.2, -0.15) is 0 Å². The molecule has 0 fully saturated rings. The molecule has 0 saturated carbocycles. The van der Waals surface area contributed by atoms with Gasteiger partial charge in [0.1, 0.15) is 11.5 Å². The minimum Gasteiger partial charge on any atom is -0.508 e. The van der Waals surface area contributed by atoms with E-state index in [1.54, 1.807) is 0 Å². The van der Waals surface area contributed by atoms with Crippen LogP contribution in [0.3, 0.4) is 0 Å². The fourth-order valence-corrected chi connectivity index (χ4v) is 2.26. The first-order valence-electron chi connectivity index (χ1n) is 6.49. The number of hydrogen-bond acceptors (Lipinski definition) is 3. The van der Waals surface area contributed by atoms with Crippen molar-refractivity contribution in [3.63, 3.8) is 0 Å². The van der Waals surface area contributed by atoms with E-state index in [1.807, 2.05) is 6.92 Å². The lowest BCUT2D eigenvalue weighted by Crippen LogP contribution is -2.18. The summed E-state index contributed by atoms with van der Waals surface area (Å²) in [4.78, 5) is 11.9. The van der Waals surface area contributed by atoms with Crippen LogP contribution in [0.2, 0.25) is 0 Å². The fourth-order valence-electron chi connectivity index (χ4n) is 2.26. The van der Waals surface area contributed by atoms with Gasteiger partial charge in [0.15, 0.2) is 0 Å². The number of carbonyl (C=O) groups is 1. The van der Waals surface area contributed by atoms with Crippen molar-refractivity contribution < 1.29 is 15.0 Å². The Morgan fingerprint density at radius 1 is 1.32 bits per heavy atom. The summed E-state index contributed by atoms with van der Waals surface area (Å²) in [5, 5.41) is 21.4. The summed E-state index contributed by atoms with van der Waals surface area (Å²) in [5.41, 5.74) is 0.520. The number of amides is 1. The molecule has 0 radical (unpaired) electrons. The van der Waals surface area contributed by atoms with Crippen molar-refractivity contribution in [2.24, 2.45) is 11.3 Å². The van der Waals surface area contributed by atoms with Gasteiger partial charge in [-0.25, -0.2) is 0 Å². The van der Waals surface area contributed by atoms with E-state index in [9.17, 15) is 15.0 Å². The Labute approximate surface area is 114 Å². The van der Waals surface area contributed by atoms with E-state index in [2.05, 4.69) is 26.1 Å². The van der Waals surface area contributed by atoms with E-state index >= 15 is 0 Å². The van der Waals surface area contributed by atoms with Crippen LogP contribution in [-0.4, -0.2) is 16.1 Å². The molecule has 4 heteroatoms. The highest BCUT2D eigenvalue weighted by Crippen LogP contribution is 2.29. The molecule has 0 saturated heterocycles. The minimum absolute atomic E-state index is 0.0309. The normalized spacial score (nSPS) is 13.1. The van der Waals surface area contributed by atoms with Crippen LogP contribution < -0.4 is 5.32 Å². The Morgan fingerprint density at radius 2 is 1.95 bits per heavy atom. The van der Waals surface area contributed by atoms with Crippen LogP contribution in [0.1, 0.15) is 40.5 Å². The molecule has 1 rings (SSSR count). The average molecular weight is 265 g/mol. The highest BCUT2D eigenvalue weighted by Gasteiger charge is 2.18. The summed E-state index contributed by atoms with van der Waals surface area (Å²) >= 11 is 0. The van der Waals surface area contributed by atoms with E-state index < -0.39 is 0 Å². The summed E-state index contributed by atoms with van der Waals surface area (Å²) in [6, 6.07) is 4.11. The van der Waals surface area contributed by atoms with E-state index in [0.717, 1.165) is 6.42 Å². The molecule has 0 spiro atoms. The van der Waals surface area contributed by atoms with Crippen molar-refractivity contribution in [1.29, 1.82) is 0 Å². The molecule has 4 nitrogen and oxygen atoms in total. The van der Waals surface area contributed by atoms with Crippen molar-refractivity contribution >= 4 is 11.6 Å². The van der Waals surface area contributed by atoms with Crippen LogP contribution in [0.25, 0.3) is 0 Å². The fraction of sp³-hybridized carbons (Fsp3) is 0.533. The summed E-state index contributed by atoms with van der Waals surface area (Å²) in [7, 11) is 0. The number of phenols is 2. The molecule has 0 aliphatic rings. The smallest absolute Gasteiger partial charge is 0.224 e.